The number of aliphatic hydroxyl groups is 1. The fourth-order valence-corrected chi connectivity index (χ4v) is 2.28. The van der Waals surface area contributed by atoms with E-state index in [1.54, 1.807) is 0 Å². The molecule has 122 valence electrons. The van der Waals surface area contributed by atoms with Gasteiger partial charge in [0.1, 0.15) is 6.61 Å². The molecule has 0 spiro atoms. The Kier molecular flexibility index (Phi) is 6.78. The molecule has 2 aromatic carbocycles. The highest BCUT2D eigenvalue weighted by atomic mass is 16.5. The van der Waals surface area contributed by atoms with E-state index in [4.69, 9.17) is 4.74 Å². The second-order valence-electron chi connectivity index (χ2n) is 5.52. The molecule has 0 aliphatic carbocycles. The quantitative estimate of drug-likeness (QED) is 0.580. The fraction of sp³-hybridized carbons (Fsp3) is 0.316. The Labute approximate surface area is 137 Å². The molecule has 0 heterocycles. The summed E-state index contributed by atoms with van der Waals surface area (Å²) < 4.78 is 5.17. The van der Waals surface area contributed by atoms with E-state index >= 15 is 0 Å². The molecule has 0 aliphatic heterocycles. The molecular weight excluding hydrogens is 290 g/mol. The number of carbonyl (C=O) groups is 1. The number of hydrogen-bond acceptors (Lipinski definition) is 4. The van der Waals surface area contributed by atoms with Crippen molar-refractivity contribution < 1.29 is 14.6 Å². The maximum absolute atomic E-state index is 11.7. The summed E-state index contributed by atoms with van der Waals surface area (Å²) in [6.07, 6.45) is -0.276. The minimum atomic E-state index is -0.560. The Morgan fingerprint density at radius 3 is 2.70 bits per heavy atom. The molecule has 0 radical (unpaired) electrons. The summed E-state index contributed by atoms with van der Waals surface area (Å²) in [6, 6.07) is 17.3. The van der Waals surface area contributed by atoms with Crippen LogP contribution in [0, 0.1) is 6.92 Å². The lowest BCUT2D eigenvalue weighted by Gasteiger charge is -2.13. The molecule has 0 aliphatic rings. The second kappa shape index (κ2) is 9.08. The van der Waals surface area contributed by atoms with Gasteiger partial charge in [0.05, 0.1) is 12.5 Å². The van der Waals surface area contributed by atoms with Crippen LogP contribution in [0.15, 0.2) is 54.6 Å². The van der Waals surface area contributed by atoms with E-state index in [1.165, 1.54) is 0 Å². The van der Waals surface area contributed by atoms with E-state index in [2.05, 4.69) is 5.32 Å². The summed E-state index contributed by atoms with van der Waals surface area (Å²) in [7, 11) is 0. The number of aryl methyl sites for hydroxylation is 1. The SMILES string of the molecule is Cc1cccc(C(O)CNCCOC(=O)Cc2ccccc2)c1. The highest BCUT2D eigenvalue weighted by Crippen LogP contribution is 2.13. The lowest BCUT2D eigenvalue weighted by molar-refractivity contribution is -0.142. The predicted molar refractivity (Wildman–Crippen MR) is 90.1 cm³/mol. The normalized spacial score (nSPS) is 11.9. The second-order valence-corrected chi connectivity index (χ2v) is 5.52. The summed E-state index contributed by atoms with van der Waals surface area (Å²) >= 11 is 0. The van der Waals surface area contributed by atoms with Crippen LogP contribution >= 0.6 is 0 Å². The van der Waals surface area contributed by atoms with Crippen LogP contribution in [0.25, 0.3) is 0 Å². The molecule has 0 amide bonds. The highest BCUT2D eigenvalue weighted by molar-refractivity contribution is 5.72. The Morgan fingerprint density at radius 1 is 1.17 bits per heavy atom. The topological polar surface area (TPSA) is 58.6 Å². The molecule has 1 unspecified atom stereocenters. The van der Waals surface area contributed by atoms with Crippen LogP contribution in [-0.4, -0.2) is 30.8 Å². The van der Waals surface area contributed by atoms with Gasteiger partial charge in [-0.2, -0.15) is 0 Å². The zero-order chi connectivity index (χ0) is 16.5. The molecule has 23 heavy (non-hydrogen) atoms. The van der Waals surface area contributed by atoms with Crippen molar-refractivity contribution in [3.8, 4) is 0 Å². The van der Waals surface area contributed by atoms with Gasteiger partial charge in [-0.15, -0.1) is 0 Å². The van der Waals surface area contributed by atoms with Crippen molar-refractivity contribution in [2.45, 2.75) is 19.4 Å². The van der Waals surface area contributed by atoms with Crippen molar-refractivity contribution >= 4 is 5.97 Å². The Bertz CT molecular complexity index is 613. The van der Waals surface area contributed by atoms with Crippen LogP contribution in [0.1, 0.15) is 22.8 Å². The smallest absolute Gasteiger partial charge is 0.310 e. The molecule has 4 heteroatoms. The van der Waals surface area contributed by atoms with Gasteiger partial charge in [-0.05, 0) is 18.1 Å². The first-order valence-corrected chi connectivity index (χ1v) is 7.80. The van der Waals surface area contributed by atoms with Gasteiger partial charge in [0.15, 0.2) is 0 Å². The zero-order valence-corrected chi connectivity index (χ0v) is 13.4. The van der Waals surface area contributed by atoms with Crippen molar-refractivity contribution in [2.24, 2.45) is 0 Å². The van der Waals surface area contributed by atoms with Gasteiger partial charge in [0, 0.05) is 13.1 Å². The summed E-state index contributed by atoms with van der Waals surface area (Å²) in [5, 5.41) is 13.2. The first-order chi connectivity index (χ1) is 11.1. The maximum Gasteiger partial charge on any atom is 0.310 e. The third-order valence-corrected chi connectivity index (χ3v) is 3.50. The number of nitrogens with one attached hydrogen (secondary N) is 1. The Hall–Kier alpha value is -2.17. The van der Waals surface area contributed by atoms with Crippen LogP contribution < -0.4 is 5.32 Å². The van der Waals surface area contributed by atoms with Gasteiger partial charge in [-0.25, -0.2) is 0 Å². The van der Waals surface area contributed by atoms with E-state index in [0.29, 0.717) is 19.7 Å². The van der Waals surface area contributed by atoms with E-state index in [9.17, 15) is 9.90 Å². The summed E-state index contributed by atoms with van der Waals surface area (Å²) in [4.78, 5) is 11.7. The van der Waals surface area contributed by atoms with Crippen molar-refractivity contribution in [1.29, 1.82) is 0 Å². The molecule has 0 fully saturated rings. The molecule has 0 saturated carbocycles. The number of benzene rings is 2. The molecule has 2 N–H and O–H groups in total. The lowest BCUT2D eigenvalue weighted by atomic mass is 10.1. The summed E-state index contributed by atoms with van der Waals surface area (Å²) in [5.74, 6) is -0.239. The largest absolute Gasteiger partial charge is 0.464 e. The van der Waals surface area contributed by atoms with Crippen LogP contribution in [0.2, 0.25) is 0 Å². The molecule has 0 bridgehead atoms. The van der Waals surface area contributed by atoms with Gasteiger partial charge in [0.2, 0.25) is 0 Å². The van der Waals surface area contributed by atoms with Gasteiger partial charge in [-0.3, -0.25) is 4.79 Å². The van der Waals surface area contributed by atoms with Crippen molar-refractivity contribution in [1.82, 2.24) is 5.32 Å². The monoisotopic (exact) mass is 313 g/mol. The fourth-order valence-electron chi connectivity index (χ4n) is 2.28. The molecule has 0 saturated heterocycles. The average molecular weight is 313 g/mol. The number of rotatable bonds is 8. The standard InChI is InChI=1S/C19H23NO3/c1-15-6-5-9-17(12-15)18(21)14-20-10-11-23-19(22)13-16-7-3-2-4-8-16/h2-9,12,18,20-21H,10-11,13-14H2,1H3. The van der Waals surface area contributed by atoms with E-state index in [1.807, 2.05) is 61.5 Å². The van der Waals surface area contributed by atoms with Crippen molar-refractivity contribution in [3.63, 3.8) is 0 Å². The molecule has 2 aromatic rings. The minimum absolute atomic E-state index is 0.239. The number of carbonyl (C=O) groups excluding carboxylic acids is 1. The van der Waals surface area contributed by atoms with E-state index in [-0.39, 0.29) is 12.4 Å². The number of aliphatic hydroxyl groups excluding tert-OH is 1. The summed E-state index contributed by atoms with van der Waals surface area (Å²) in [5.41, 5.74) is 2.95. The predicted octanol–water partition coefficient (Wildman–Crippen LogP) is 2.40. The third-order valence-electron chi connectivity index (χ3n) is 3.50. The Morgan fingerprint density at radius 2 is 1.96 bits per heavy atom. The maximum atomic E-state index is 11.7. The molecule has 4 nitrogen and oxygen atoms in total. The Balaban J connectivity index is 1.61. The van der Waals surface area contributed by atoms with Gasteiger partial charge >= 0.3 is 5.97 Å². The molecule has 0 aromatic heterocycles. The highest BCUT2D eigenvalue weighted by Gasteiger charge is 2.07. The number of ether oxygens (including phenoxy) is 1. The van der Waals surface area contributed by atoms with Crippen molar-refractivity contribution in [2.75, 3.05) is 19.7 Å². The first kappa shape index (κ1) is 17.2. The number of esters is 1. The van der Waals surface area contributed by atoms with Crippen LogP contribution in [0.5, 0.6) is 0 Å². The summed E-state index contributed by atoms with van der Waals surface area (Å²) in [6.45, 7) is 3.24. The van der Waals surface area contributed by atoms with Crippen LogP contribution in [-0.2, 0) is 16.0 Å². The van der Waals surface area contributed by atoms with Gasteiger partial charge in [0.25, 0.3) is 0 Å². The lowest BCUT2D eigenvalue weighted by Crippen LogP contribution is -2.26. The molecule has 2 rings (SSSR count). The molecular formula is C19H23NO3. The van der Waals surface area contributed by atoms with Gasteiger partial charge in [-0.1, -0.05) is 60.2 Å². The van der Waals surface area contributed by atoms with Gasteiger partial charge < -0.3 is 15.2 Å². The van der Waals surface area contributed by atoms with E-state index in [0.717, 1.165) is 16.7 Å². The van der Waals surface area contributed by atoms with E-state index < -0.39 is 6.10 Å². The molecule has 1 atom stereocenters. The third kappa shape index (κ3) is 6.22. The number of hydrogen-bond donors (Lipinski definition) is 2. The van der Waals surface area contributed by atoms with Crippen molar-refractivity contribution in [3.05, 3.63) is 71.3 Å². The van der Waals surface area contributed by atoms with Crippen LogP contribution in [0.4, 0.5) is 0 Å². The van der Waals surface area contributed by atoms with Crippen LogP contribution in [0.3, 0.4) is 0 Å². The first-order valence-electron chi connectivity index (χ1n) is 7.80. The zero-order valence-electron chi connectivity index (χ0n) is 13.4. The average Bonchev–Trinajstić information content (AvgIpc) is 2.55. The minimum Gasteiger partial charge on any atom is -0.464 e.